The maximum absolute atomic E-state index is 12.0. The molecule has 0 saturated carbocycles. The van der Waals surface area contributed by atoms with E-state index in [2.05, 4.69) is 34.9 Å². The van der Waals surface area contributed by atoms with Crippen molar-refractivity contribution in [2.75, 3.05) is 0 Å². The van der Waals surface area contributed by atoms with Gasteiger partial charge < -0.3 is 10.6 Å². The van der Waals surface area contributed by atoms with Crippen molar-refractivity contribution in [1.82, 2.24) is 10.6 Å². The molecule has 27 heavy (non-hydrogen) atoms. The molecular weight excluding hydrogens is 336 g/mol. The molecular formula is C23H30N2O2. The molecule has 144 valence electrons. The molecule has 0 aromatic heterocycles. The van der Waals surface area contributed by atoms with Gasteiger partial charge in [-0.25, -0.2) is 0 Å². The number of hydrogen-bond donors (Lipinski definition) is 2. The lowest BCUT2D eigenvalue weighted by atomic mass is 10.1. The summed E-state index contributed by atoms with van der Waals surface area (Å²) < 4.78 is 0. The SMILES string of the molecule is C[C@H](Cc1ccccc1)NC(=O)CCCC(=O)N[C@H](C)Cc1ccccc1. The second kappa shape index (κ2) is 11.2. The Hall–Kier alpha value is -2.62. The average molecular weight is 367 g/mol. The molecule has 0 aliphatic heterocycles. The second-order valence-electron chi connectivity index (χ2n) is 7.17. The summed E-state index contributed by atoms with van der Waals surface area (Å²) in [6.07, 6.45) is 2.93. The minimum Gasteiger partial charge on any atom is -0.353 e. The lowest BCUT2D eigenvalue weighted by Crippen LogP contribution is -2.35. The van der Waals surface area contributed by atoms with Crippen LogP contribution in [0.15, 0.2) is 60.7 Å². The molecule has 4 heteroatoms. The molecule has 2 rings (SSSR count). The highest BCUT2D eigenvalue weighted by atomic mass is 16.2. The van der Waals surface area contributed by atoms with Crippen LogP contribution >= 0.6 is 0 Å². The zero-order valence-electron chi connectivity index (χ0n) is 16.3. The molecule has 0 unspecified atom stereocenters. The van der Waals surface area contributed by atoms with Crippen molar-refractivity contribution in [3.63, 3.8) is 0 Å². The summed E-state index contributed by atoms with van der Waals surface area (Å²) in [6, 6.07) is 20.4. The third kappa shape index (κ3) is 8.54. The van der Waals surface area contributed by atoms with Crippen molar-refractivity contribution in [2.45, 2.75) is 58.0 Å². The normalized spacial score (nSPS) is 12.8. The Labute approximate surface area is 162 Å². The number of carbonyl (C=O) groups is 2. The van der Waals surface area contributed by atoms with Gasteiger partial charge in [0.25, 0.3) is 0 Å². The van der Waals surface area contributed by atoms with Crippen LogP contribution in [0.3, 0.4) is 0 Å². The van der Waals surface area contributed by atoms with Gasteiger partial charge in [0.1, 0.15) is 0 Å². The van der Waals surface area contributed by atoms with E-state index in [0.29, 0.717) is 19.3 Å². The second-order valence-corrected chi connectivity index (χ2v) is 7.17. The maximum Gasteiger partial charge on any atom is 0.220 e. The molecule has 0 saturated heterocycles. The summed E-state index contributed by atoms with van der Waals surface area (Å²) in [5.41, 5.74) is 2.41. The number of rotatable bonds is 10. The first kappa shape index (κ1) is 20.7. The average Bonchev–Trinajstić information content (AvgIpc) is 2.63. The number of amides is 2. The van der Waals surface area contributed by atoms with Crippen molar-refractivity contribution in [3.05, 3.63) is 71.8 Å². The van der Waals surface area contributed by atoms with E-state index in [1.54, 1.807) is 0 Å². The lowest BCUT2D eigenvalue weighted by Gasteiger charge is -2.15. The highest BCUT2D eigenvalue weighted by Crippen LogP contribution is 2.05. The Morgan fingerprint density at radius 2 is 1.07 bits per heavy atom. The minimum absolute atomic E-state index is 0.00330. The molecule has 0 radical (unpaired) electrons. The fourth-order valence-corrected chi connectivity index (χ4v) is 3.14. The summed E-state index contributed by atoms with van der Waals surface area (Å²) in [5.74, 6) is 0.00660. The molecule has 0 bridgehead atoms. The third-order valence-corrected chi connectivity index (χ3v) is 4.39. The van der Waals surface area contributed by atoms with E-state index < -0.39 is 0 Å². The molecule has 2 atom stereocenters. The van der Waals surface area contributed by atoms with Gasteiger partial charge in [-0.05, 0) is 44.2 Å². The van der Waals surface area contributed by atoms with Crippen LogP contribution in [0.2, 0.25) is 0 Å². The van der Waals surface area contributed by atoms with E-state index in [1.807, 2.05) is 50.2 Å². The number of nitrogens with one attached hydrogen (secondary N) is 2. The first-order valence-corrected chi connectivity index (χ1v) is 9.69. The van der Waals surface area contributed by atoms with Crippen LogP contribution in [0, 0.1) is 0 Å². The van der Waals surface area contributed by atoms with Gasteiger partial charge in [-0.2, -0.15) is 0 Å². The molecule has 2 aromatic rings. The Balaban J connectivity index is 1.60. The topological polar surface area (TPSA) is 58.2 Å². The van der Waals surface area contributed by atoms with Crippen LogP contribution in [0.4, 0.5) is 0 Å². The van der Waals surface area contributed by atoms with E-state index in [1.165, 1.54) is 11.1 Å². The van der Waals surface area contributed by atoms with E-state index >= 15 is 0 Å². The van der Waals surface area contributed by atoms with E-state index in [-0.39, 0.29) is 23.9 Å². The largest absolute Gasteiger partial charge is 0.353 e. The van der Waals surface area contributed by atoms with E-state index in [9.17, 15) is 9.59 Å². The molecule has 2 amide bonds. The predicted octanol–water partition coefficient (Wildman–Crippen LogP) is 3.65. The number of hydrogen-bond acceptors (Lipinski definition) is 2. The highest BCUT2D eigenvalue weighted by Gasteiger charge is 2.11. The van der Waals surface area contributed by atoms with Gasteiger partial charge in [-0.15, -0.1) is 0 Å². The quantitative estimate of drug-likeness (QED) is 0.674. The Morgan fingerprint density at radius 3 is 1.44 bits per heavy atom. The molecule has 0 fully saturated rings. The van der Waals surface area contributed by atoms with Crippen molar-refractivity contribution < 1.29 is 9.59 Å². The Bertz CT molecular complexity index is 639. The van der Waals surface area contributed by atoms with Crippen molar-refractivity contribution in [2.24, 2.45) is 0 Å². The van der Waals surface area contributed by atoms with Crippen LogP contribution in [0.25, 0.3) is 0 Å². The summed E-state index contributed by atoms with van der Waals surface area (Å²) in [7, 11) is 0. The van der Waals surface area contributed by atoms with Crippen molar-refractivity contribution in [3.8, 4) is 0 Å². The summed E-state index contributed by atoms with van der Waals surface area (Å²) >= 11 is 0. The van der Waals surface area contributed by atoms with Crippen LogP contribution < -0.4 is 10.6 Å². The summed E-state index contributed by atoms with van der Waals surface area (Å²) in [6.45, 7) is 4.01. The van der Waals surface area contributed by atoms with Gasteiger partial charge in [-0.1, -0.05) is 60.7 Å². The zero-order chi connectivity index (χ0) is 19.5. The molecule has 0 spiro atoms. The summed E-state index contributed by atoms with van der Waals surface area (Å²) in [5, 5.41) is 6.01. The molecule has 0 aliphatic carbocycles. The van der Waals surface area contributed by atoms with Gasteiger partial charge in [-0.3, -0.25) is 9.59 Å². The Morgan fingerprint density at radius 1 is 0.704 bits per heavy atom. The molecule has 0 heterocycles. The minimum atomic E-state index is 0.00330. The van der Waals surface area contributed by atoms with Crippen LogP contribution in [-0.4, -0.2) is 23.9 Å². The van der Waals surface area contributed by atoms with E-state index in [0.717, 1.165) is 12.8 Å². The van der Waals surface area contributed by atoms with Crippen LogP contribution in [0.1, 0.15) is 44.2 Å². The standard InChI is InChI=1S/C23H30N2O2/c1-18(16-20-10-5-3-6-11-20)24-22(26)14-9-15-23(27)25-19(2)17-21-12-7-4-8-13-21/h3-8,10-13,18-19H,9,14-17H2,1-2H3,(H,24,26)(H,25,27)/t18-,19-/m1/s1. The lowest BCUT2D eigenvalue weighted by molar-refractivity contribution is -0.123. The Kier molecular flexibility index (Phi) is 8.56. The third-order valence-electron chi connectivity index (χ3n) is 4.39. The van der Waals surface area contributed by atoms with Gasteiger partial charge in [0, 0.05) is 24.9 Å². The van der Waals surface area contributed by atoms with Crippen LogP contribution in [-0.2, 0) is 22.4 Å². The fourth-order valence-electron chi connectivity index (χ4n) is 3.14. The predicted molar refractivity (Wildman–Crippen MR) is 109 cm³/mol. The van der Waals surface area contributed by atoms with Crippen LogP contribution in [0.5, 0.6) is 0 Å². The first-order chi connectivity index (χ1) is 13.0. The van der Waals surface area contributed by atoms with Gasteiger partial charge >= 0.3 is 0 Å². The smallest absolute Gasteiger partial charge is 0.220 e. The first-order valence-electron chi connectivity index (χ1n) is 9.69. The monoisotopic (exact) mass is 366 g/mol. The van der Waals surface area contributed by atoms with Gasteiger partial charge in [0.15, 0.2) is 0 Å². The number of carbonyl (C=O) groups excluding carboxylic acids is 2. The van der Waals surface area contributed by atoms with E-state index in [4.69, 9.17) is 0 Å². The number of benzene rings is 2. The maximum atomic E-state index is 12.0. The van der Waals surface area contributed by atoms with Crippen molar-refractivity contribution >= 4 is 11.8 Å². The zero-order valence-corrected chi connectivity index (χ0v) is 16.3. The molecule has 0 aliphatic rings. The highest BCUT2D eigenvalue weighted by molar-refractivity contribution is 5.79. The van der Waals surface area contributed by atoms with Gasteiger partial charge in [0.05, 0.1) is 0 Å². The molecule has 2 aromatic carbocycles. The molecule has 2 N–H and O–H groups in total. The summed E-state index contributed by atoms with van der Waals surface area (Å²) in [4.78, 5) is 24.1. The van der Waals surface area contributed by atoms with Crippen molar-refractivity contribution in [1.29, 1.82) is 0 Å². The van der Waals surface area contributed by atoms with Gasteiger partial charge in [0.2, 0.25) is 11.8 Å². The fraction of sp³-hybridized carbons (Fsp3) is 0.391. The molecule has 4 nitrogen and oxygen atoms in total.